The summed E-state index contributed by atoms with van der Waals surface area (Å²) in [5.74, 6) is -0.764. The molecule has 168 valence electrons. The lowest BCUT2D eigenvalue weighted by atomic mass is 10.0. The number of ketones is 1. The Morgan fingerprint density at radius 3 is 2.55 bits per heavy atom. The van der Waals surface area contributed by atoms with Crippen molar-refractivity contribution >= 4 is 39.9 Å². The second-order valence-electron chi connectivity index (χ2n) is 7.33. The van der Waals surface area contributed by atoms with Crippen molar-refractivity contribution in [2.24, 2.45) is 0 Å². The number of H-pyrrole nitrogens is 1. The number of aromatic nitrogens is 1. The number of benzene rings is 2. The van der Waals surface area contributed by atoms with E-state index in [1.165, 1.54) is 18.4 Å². The number of fused-ring (bicyclic) bond motifs is 1. The number of methoxy groups -OCH3 is 1. The highest BCUT2D eigenvalue weighted by atomic mass is 32.1. The molecule has 0 saturated heterocycles. The molecule has 0 radical (unpaired) electrons. The van der Waals surface area contributed by atoms with E-state index >= 15 is 0 Å². The first kappa shape index (κ1) is 22.3. The van der Waals surface area contributed by atoms with E-state index in [2.05, 4.69) is 10.3 Å². The Morgan fingerprint density at radius 1 is 1.03 bits per heavy atom. The number of rotatable bonds is 9. The van der Waals surface area contributed by atoms with E-state index in [1.54, 1.807) is 41.8 Å². The normalized spacial score (nSPS) is 11.7. The molecule has 0 fully saturated rings. The molecule has 2 heterocycles. The zero-order valence-corrected chi connectivity index (χ0v) is 18.7. The molecule has 1 amide bonds. The summed E-state index contributed by atoms with van der Waals surface area (Å²) in [5, 5.41) is 5.50. The second-order valence-corrected chi connectivity index (χ2v) is 8.27. The lowest BCUT2D eigenvalue weighted by Crippen LogP contribution is -2.43. The number of nitrogens with one attached hydrogen (secondary N) is 2. The summed E-state index contributed by atoms with van der Waals surface area (Å²) in [6, 6.07) is 16.7. The van der Waals surface area contributed by atoms with Crippen LogP contribution in [-0.4, -0.2) is 42.4 Å². The van der Waals surface area contributed by atoms with Gasteiger partial charge in [-0.25, -0.2) is 4.79 Å². The number of carbonyl (C=O) groups excluding carboxylic acids is 3. The van der Waals surface area contributed by atoms with Crippen molar-refractivity contribution in [1.29, 1.82) is 0 Å². The molecule has 1 atom stereocenters. The molecule has 0 bridgehead atoms. The number of esters is 1. The quantitative estimate of drug-likeness (QED) is 0.289. The lowest BCUT2D eigenvalue weighted by Gasteiger charge is -2.17. The van der Waals surface area contributed by atoms with Crippen LogP contribution < -0.4 is 10.1 Å². The Bertz CT molecular complexity index is 1260. The van der Waals surface area contributed by atoms with Gasteiger partial charge in [-0.2, -0.15) is 0 Å². The topological polar surface area (TPSA) is 97.5 Å². The van der Waals surface area contributed by atoms with Crippen LogP contribution >= 0.6 is 11.3 Å². The number of ether oxygens (including phenoxy) is 2. The second kappa shape index (κ2) is 10.1. The van der Waals surface area contributed by atoms with E-state index in [0.29, 0.717) is 16.2 Å². The van der Waals surface area contributed by atoms with Crippen LogP contribution in [0.1, 0.15) is 25.6 Å². The summed E-state index contributed by atoms with van der Waals surface area (Å²) >= 11 is 1.28. The van der Waals surface area contributed by atoms with Crippen LogP contribution in [0, 0.1) is 0 Å². The zero-order valence-electron chi connectivity index (χ0n) is 17.9. The Morgan fingerprint density at radius 2 is 1.82 bits per heavy atom. The van der Waals surface area contributed by atoms with E-state index in [1.807, 2.05) is 30.5 Å². The SMILES string of the molecule is COc1ccc(C(=O)COC(=O)[C@H](Cc2c[nH]c3ccccc23)NC(=O)c2cccs2)cc1. The molecular formula is C25H22N2O5S. The van der Waals surface area contributed by atoms with E-state index in [-0.39, 0.29) is 18.1 Å². The maximum Gasteiger partial charge on any atom is 0.329 e. The summed E-state index contributed by atoms with van der Waals surface area (Å²) in [7, 11) is 1.54. The summed E-state index contributed by atoms with van der Waals surface area (Å²) in [6.07, 6.45) is 2.03. The van der Waals surface area contributed by atoms with E-state index < -0.39 is 18.6 Å². The van der Waals surface area contributed by atoms with Gasteiger partial charge in [0, 0.05) is 29.1 Å². The zero-order chi connectivity index (χ0) is 23.2. The van der Waals surface area contributed by atoms with Gasteiger partial charge < -0.3 is 19.8 Å². The monoisotopic (exact) mass is 462 g/mol. The third-order valence-electron chi connectivity index (χ3n) is 5.19. The highest BCUT2D eigenvalue weighted by Gasteiger charge is 2.26. The number of carbonyl (C=O) groups is 3. The number of hydrogen-bond acceptors (Lipinski definition) is 6. The first-order valence-corrected chi connectivity index (χ1v) is 11.2. The molecule has 0 aliphatic heterocycles. The fourth-order valence-electron chi connectivity index (χ4n) is 3.45. The molecule has 2 aromatic carbocycles. The van der Waals surface area contributed by atoms with Gasteiger partial charge in [-0.3, -0.25) is 9.59 Å². The van der Waals surface area contributed by atoms with Crippen LogP contribution in [0.2, 0.25) is 0 Å². The molecule has 33 heavy (non-hydrogen) atoms. The van der Waals surface area contributed by atoms with Gasteiger partial charge in [-0.1, -0.05) is 24.3 Å². The van der Waals surface area contributed by atoms with Gasteiger partial charge in [0.05, 0.1) is 12.0 Å². The number of amides is 1. The Kier molecular flexibility index (Phi) is 6.85. The van der Waals surface area contributed by atoms with Crippen molar-refractivity contribution < 1.29 is 23.9 Å². The lowest BCUT2D eigenvalue weighted by molar-refractivity contribution is -0.144. The number of hydrogen-bond donors (Lipinski definition) is 2. The van der Waals surface area contributed by atoms with Gasteiger partial charge in [0.25, 0.3) is 5.91 Å². The molecule has 0 saturated carbocycles. The van der Waals surface area contributed by atoms with Gasteiger partial charge >= 0.3 is 5.97 Å². The molecule has 0 aliphatic carbocycles. The third kappa shape index (κ3) is 5.30. The van der Waals surface area contributed by atoms with Gasteiger partial charge in [-0.15, -0.1) is 11.3 Å². The van der Waals surface area contributed by atoms with Gasteiger partial charge in [0.15, 0.2) is 12.4 Å². The Labute approximate surface area is 194 Å². The Hall–Kier alpha value is -3.91. The van der Waals surface area contributed by atoms with Crippen molar-refractivity contribution in [2.45, 2.75) is 12.5 Å². The minimum absolute atomic E-state index is 0.219. The summed E-state index contributed by atoms with van der Waals surface area (Å²) in [6.45, 7) is -0.426. The van der Waals surface area contributed by atoms with Crippen LogP contribution in [0.25, 0.3) is 10.9 Å². The Balaban J connectivity index is 1.48. The highest BCUT2D eigenvalue weighted by Crippen LogP contribution is 2.20. The number of aromatic amines is 1. The fourth-order valence-corrected chi connectivity index (χ4v) is 4.08. The van der Waals surface area contributed by atoms with Crippen molar-refractivity contribution in [3.05, 3.63) is 88.2 Å². The molecule has 0 unspecified atom stereocenters. The molecule has 0 aliphatic rings. The van der Waals surface area contributed by atoms with E-state index in [0.717, 1.165) is 16.5 Å². The maximum absolute atomic E-state index is 12.9. The first-order chi connectivity index (χ1) is 16.0. The molecule has 0 spiro atoms. The predicted molar refractivity (Wildman–Crippen MR) is 126 cm³/mol. The average Bonchev–Trinajstić information content (AvgIpc) is 3.53. The first-order valence-electron chi connectivity index (χ1n) is 10.3. The molecule has 2 aromatic heterocycles. The molecule has 7 nitrogen and oxygen atoms in total. The minimum atomic E-state index is -0.956. The number of para-hydroxylation sites is 1. The number of Topliss-reactive ketones (excluding diaryl/α,β-unsaturated/α-hetero) is 1. The van der Waals surface area contributed by atoms with Crippen molar-refractivity contribution in [2.75, 3.05) is 13.7 Å². The maximum atomic E-state index is 12.9. The van der Waals surface area contributed by atoms with E-state index in [9.17, 15) is 14.4 Å². The van der Waals surface area contributed by atoms with Crippen molar-refractivity contribution in [1.82, 2.24) is 10.3 Å². The highest BCUT2D eigenvalue weighted by molar-refractivity contribution is 7.12. The summed E-state index contributed by atoms with van der Waals surface area (Å²) < 4.78 is 10.4. The summed E-state index contributed by atoms with van der Waals surface area (Å²) in [4.78, 5) is 41.7. The average molecular weight is 463 g/mol. The van der Waals surface area contributed by atoms with Crippen LogP contribution in [-0.2, 0) is 16.0 Å². The smallest absolute Gasteiger partial charge is 0.329 e. The van der Waals surface area contributed by atoms with Crippen LogP contribution in [0.4, 0.5) is 0 Å². The van der Waals surface area contributed by atoms with Gasteiger partial charge in [0.1, 0.15) is 11.8 Å². The van der Waals surface area contributed by atoms with Crippen molar-refractivity contribution in [3.8, 4) is 5.75 Å². The predicted octanol–water partition coefficient (Wildman–Crippen LogP) is 4.01. The molecule has 2 N–H and O–H groups in total. The van der Waals surface area contributed by atoms with Crippen LogP contribution in [0.15, 0.2) is 72.2 Å². The largest absolute Gasteiger partial charge is 0.497 e. The van der Waals surface area contributed by atoms with Crippen molar-refractivity contribution in [3.63, 3.8) is 0 Å². The molecule has 4 aromatic rings. The van der Waals surface area contributed by atoms with Crippen LogP contribution in [0.3, 0.4) is 0 Å². The van der Waals surface area contributed by atoms with Gasteiger partial charge in [0.2, 0.25) is 0 Å². The summed E-state index contributed by atoms with van der Waals surface area (Å²) in [5.41, 5.74) is 2.19. The van der Waals surface area contributed by atoms with Crippen LogP contribution in [0.5, 0.6) is 5.75 Å². The molecule has 4 rings (SSSR count). The third-order valence-corrected chi connectivity index (χ3v) is 6.06. The number of thiophene rings is 1. The fraction of sp³-hybridized carbons (Fsp3) is 0.160. The van der Waals surface area contributed by atoms with Gasteiger partial charge in [-0.05, 0) is 47.3 Å². The molecule has 8 heteroatoms. The van der Waals surface area contributed by atoms with E-state index in [4.69, 9.17) is 9.47 Å². The minimum Gasteiger partial charge on any atom is -0.497 e. The molecular weight excluding hydrogens is 440 g/mol. The standard InChI is InChI=1S/C25H22N2O5S/c1-31-18-10-8-16(9-11-18)22(28)15-32-25(30)21(27-24(29)23-7-4-12-33-23)13-17-14-26-20-6-3-2-5-19(17)20/h2-12,14,21,26H,13,15H2,1H3,(H,27,29)/t21-/m0/s1.